The Hall–Kier alpha value is -1.10. The number of hydrogen-bond donors (Lipinski definition) is 0. The molecule has 0 aromatic heterocycles. The molecule has 0 bridgehead atoms. The second-order valence-corrected chi connectivity index (χ2v) is 3.79. The van der Waals surface area contributed by atoms with Gasteiger partial charge in [-0.1, -0.05) is 0 Å². The Morgan fingerprint density at radius 2 is 1.75 bits per heavy atom. The molecule has 0 amide bonds. The third kappa shape index (κ3) is 6.40. The maximum atomic E-state index is 11.0. The number of rotatable bonds is 7. The van der Waals surface area contributed by atoms with Crippen molar-refractivity contribution >= 4 is 11.9 Å². The van der Waals surface area contributed by atoms with E-state index in [0.29, 0.717) is 12.8 Å². The molecule has 0 spiro atoms. The molecule has 0 saturated carbocycles. The van der Waals surface area contributed by atoms with E-state index in [9.17, 15) is 9.59 Å². The lowest BCUT2D eigenvalue weighted by atomic mass is 10.2. The molecule has 5 nitrogen and oxygen atoms in total. The highest BCUT2D eigenvalue weighted by Crippen LogP contribution is 2.04. The Labute approximate surface area is 96.7 Å². The summed E-state index contributed by atoms with van der Waals surface area (Å²) < 4.78 is 9.13. The van der Waals surface area contributed by atoms with Gasteiger partial charge in [-0.3, -0.25) is 9.59 Å². The fraction of sp³-hybridized carbons (Fsp3) is 0.818. The van der Waals surface area contributed by atoms with Crippen LogP contribution in [0.5, 0.6) is 0 Å². The van der Waals surface area contributed by atoms with Crippen LogP contribution in [0.1, 0.15) is 26.2 Å². The molecule has 0 rings (SSSR count). The number of nitrogens with zero attached hydrogens (tertiary/aromatic N) is 1. The predicted molar refractivity (Wildman–Crippen MR) is 60.0 cm³/mol. The summed E-state index contributed by atoms with van der Waals surface area (Å²) in [5.74, 6) is -0.415. The average Bonchev–Trinajstić information content (AvgIpc) is 2.28. The maximum absolute atomic E-state index is 11.0. The minimum absolute atomic E-state index is 0.116. The zero-order valence-corrected chi connectivity index (χ0v) is 10.5. The van der Waals surface area contributed by atoms with E-state index in [-0.39, 0.29) is 18.0 Å². The lowest BCUT2D eigenvalue weighted by Gasteiger charge is -2.23. The van der Waals surface area contributed by atoms with Crippen molar-refractivity contribution in [2.24, 2.45) is 0 Å². The molecule has 0 aromatic rings. The third-order valence-electron chi connectivity index (χ3n) is 2.56. The lowest BCUT2D eigenvalue weighted by Crippen LogP contribution is -2.32. The molecular formula is C11H21NO4. The van der Waals surface area contributed by atoms with E-state index in [4.69, 9.17) is 0 Å². The van der Waals surface area contributed by atoms with E-state index in [1.165, 1.54) is 14.2 Å². The van der Waals surface area contributed by atoms with E-state index in [1.54, 1.807) is 0 Å². The number of methoxy groups -OCH3 is 2. The van der Waals surface area contributed by atoms with Crippen LogP contribution in [0.2, 0.25) is 0 Å². The minimum Gasteiger partial charge on any atom is -0.469 e. The van der Waals surface area contributed by atoms with Gasteiger partial charge in [0.1, 0.15) is 0 Å². The van der Waals surface area contributed by atoms with E-state index in [1.807, 2.05) is 18.9 Å². The standard InChI is InChI=1S/C11H21NO4/c1-9(8-11(14)16-4)12(2)7-5-6-10(13)15-3/h9H,5-8H2,1-4H3. The van der Waals surface area contributed by atoms with Gasteiger partial charge in [0.25, 0.3) is 0 Å². The van der Waals surface area contributed by atoms with Gasteiger partial charge in [0.05, 0.1) is 20.6 Å². The van der Waals surface area contributed by atoms with Crippen LogP contribution in [0.4, 0.5) is 0 Å². The van der Waals surface area contributed by atoms with E-state index in [0.717, 1.165) is 13.0 Å². The number of ether oxygens (including phenoxy) is 2. The Balaban J connectivity index is 3.74. The maximum Gasteiger partial charge on any atom is 0.307 e. The summed E-state index contributed by atoms with van der Waals surface area (Å²) in [6, 6.07) is 0.116. The highest BCUT2D eigenvalue weighted by molar-refractivity contribution is 5.70. The van der Waals surface area contributed by atoms with Crippen LogP contribution in [0.3, 0.4) is 0 Å². The topological polar surface area (TPSA) is 55.8 Å². The van der Waals surface area contributed by atoms with Crippen molar-refractivity contribution in [1.29, 1.82) is 0 Å². The Morgan fingerprint density at radius 3 is 2.25 bits per heavy atom. The van der Waals surface area contributed by atoms with Crippen molar-refractivity contribution < 1.29 is 19.1 Å². The monoisotopic (exact) mass is 231 g/mol. The Kier molecular flexibility index (Phi) is 7.54. The van der Waals surface area contributed by atoms with Crippen molar-refractivity contribution in [2.45, 2.75) is 32.2 Å². The summed E-state index contributed by atoms with van der Waals surface area (Å²) in [6.45, 7) is 2.71. The molecule has 0 aliphatic rings. The van der Waals surface area contributed by atoms with Crippen LogP contribution in [0.15, 0.2) is 0 Å². The van der Waals surface area contributed by atoms with Crippen molar-refractivity contribution in [3.63, 3.8) is 0 Å². The molecule has 0 aliphatic heterocycles. The van der Waals surface area contributed by atoms with Crippen LogP contribution >= 0.6 is 0 Å². The first-order valence-electron chi connectivity index (χ1n) is 5.35. The van der Waals surface area contributed by atoms with Crippen LogP contribution < -0.4 is 0 Å². The van der Waals surface area contributed by atoms with E-state index < -0.39 is 0 Å². The highest BCUT2D eigenvalue weighted by atomic mass is 16.5. The van der Waals surface area contributed by atoms with Gasteiger partial charge in [-0.2, -0.15) is 0 Å². The van der Waals surface area contributed by atoms with Gasteiger partial charge in [0, 0.05) is 12.5 Å². The quantitative estimate of drug-likeness (QED) is 0.607. The molecule has 0 N–H and O–H groups in total. The molecule has 94 valence electrons. The normalized spacial score (nSPS) is 12.3. The number of carbonyl (C=O) groups excluding carboxylic acids is 2. The summed E-state index contributed by atoms with van der Waals surface area (Å²) >= 11 is 0. The first-order valence-corrected chi connectivity index (χ1v) is 5.35. The molecule has 0 fully saturated rings. The summed E-state index contributed by atoms with van der Waals surface area (Å²) in [4.78, 5) is 23.9. The molecule has 0 saturated heterocycles. The summed E-state index contributed by atoms with van der Waals surface area (Å²) in [5, 5.41) is 0. The van der Waals surface area contributed by atoms with Crippen molar-refractivity contribution in [1.82, 2.24) is 4.90 Å². The zero-order valence-electron chi connectivity index (χ0n) is 10.5. The smallest absolute Gasteiger partial charge is 0.307 e. The van der Waals surface area contributed by atoms with E-state index >= 15 is 0 Å². The van der Waals surface area contributed by atoms with Gasteiger partial charge < -0.3 is 14.4 Å². The highest BCUT2D eigenvalue weighted by Gasteiger charge is 2.14. The average molecular weight is 231 g/mol. The molecule has 5 heteroatoms. The number of carbonyl (C=O) groups is 2. The summed E-state index contributed by atoms with van der Waals surface area (Å²) in [6.07, 6.45) is 1.51. The van der Waals surface area contributed by atoms with Crippen molar-refractivity contribution in [3.8, 4) is 0 Å². The first-order chi connectivity index (χ1) is 7.51. The second kappa shape index (κ2) is 8.10. The van der Waals surface area contributed by atoms with Crippen LogP contribution in [0.25, 0.3) is 0 Å². The largest absolute Gasteiger partial charge is 0.469 e. The molecule has 16 heavy (non-hydrogen) atoms. The van der Waals surface area contributed by atoms with Crippen molar-refractivity contribution in [2.75, 3.05) is 27.8 Å². The number of hydrogen-bond acceptors (Lipinski definition) is 5. The summed E-state index contributed by atoms with van der Waals surface area (Å²) in [5.41, 5.74) is 0. The van der Waals surface area contributed by atoms with Gasteiger partial charge >= 0.3 is 11.9 Å². The third-order valence-corrected chi connectivity index (χ3v) is 2.56. The lowest BCUT2D eigenvalue weighted by molar-refractivity contribution is -0.142. The fourth-order valence-corrected chi connectivity index (χ4v) is 1.28. The molecule has 0 aliphatic carbocycles. The Morgan fingerprint density at radius 1 is 1.19 bits per heavy atom. The predicted octanol–water partition coefficient (Wildman–Crippen LogP) is 0.823. The fourth-order valence-electron chi connectivity index (χ4n) is 1.28. The Bertz CT molecular complexity index is 230. The van der Waals surface area contributed by atoms with Gasteiger partial charge in [-0.05, 0) is 26.9 Å². The molecular weight excluding hydrogens is 210 g/mol. The van der Waals surface area contributed by atoms with Gasteiger partial charge in [0.15, 0.2) is 0 Å². The molecule has 0 radical (unpaired) electrons. The van der Waals surface area contributed by atoms with Crippen LogP contribution in [-0.2, 0) is 19.1 Å². The SMILES string of the molecule is COC(=O)CCCN(C)C(C)CC(=O)OC. The van der Waals surface area contributed by atoms with Crippen LogP contribution in [-0.4, -0.2) is 50.7 Å². The zero-order chi connectivity index (χ0) is 12.6. The molecule has 1 atom stereocenters. The van der Waals surface area contributed by atoms with Crippen LogP contribution in [0, 0.1) is 0 Å². The second-order valence-electron chi connectivity index (χ2n) is 3.79. The molecule has 0 aromatic carbocycles. The minimum atomic E-state index is -0.215. The number of esters is 2. The van der Waals surface area contributed by atoms with Gasteiger partial charge in [-0.15, -0.1) is 0 Å². The molecule has 0 heterocycles. The van der Waals surface area contributed by atoms with Gasteiger partial charge in [0.2, 0.25) is 0 Å². The van der Waals surface area contributed by atoms with E-state index in [2.05, 4.69) is 9.47 Å². The van der Waals surface area contributed by atoms with Crippen molar-refractivity contribution in [3.05, 3.63) is 0 Å². The first kappa shape index (κ1) is 14.9. The van der Waals surface area contributed by atoms with Gasteiger partial charge in [-0.25, -0.2) is 0 Å². The molecule has 1 unspecified atom stereocenters. The summed E-state index contributed by atoms with van der Waals surface area (Å²) in [7, 11) is 4.68.